The molecule has 3 aliphatic carbocycles. The van der Waals surface area contributed by atoms with Crippen molar-refractivity contribution in [2.24, 2.45) is 23.2 Å². The second-order valence-electron chi connectivity index (χ2n) is 11.6. The number of methoxy groups -OCH3 is 1. The SMILES string of the molecule is CNCc1ccccc1.COc1ccc2c(c1)CCC1C2CCC2(C)C(=O)CC(CCCCCC=O)C12. The molecule has 0 heterocycles. The summed E-state index contributed by atoms with van der Waals surface area (Å²) in [4.78, 5) is 23.6. The number of nitrogens with one attached hydrogen (secondary N) is 1. The fourth-order valence-corrected chi connectivity index (χ4v) is 7.62. The van der Waals surface area contributed by atoms with Crippen molar-refractivity contribution < 1.29 is 14.3 Å². The van der Waals surface area contributed by atoms with Gasteiger partial charge in [-0.05, 0) is 98.1 Å². The number of Topliss-reactive ketones (excluding diaryl/α,β-unsaturated/α-hetero) is 1. The van der Waals surface area contributed by atoms with Crippen molar-refractivity contribution in [1.82, 2.24) is 5.32 Å². The van der Waals surface area contributed by atoms with E-state index in [0.29, 0.717) is 35.9 Å². The van der Waals surface area contributed by atoms with Gasteiger partial charge in [-0.25, -0.2) is 0 Å². The largest absolute Gasteiger partial charge is 0.497 e. The molecule has 0 aromatic heterocycles. The molecule has 0 bridgehead atoms. The highest BCUT2D eigenvalue weighted by atomic mass is 16.5. The molecule has 5 unspecified atom stereocenters. The molecule has 3 aliphatic rings. The minimum absolute atomic E-state index is 0.0986. The molecule has 4 nitrogen and oxygen atoms in total. The summed E-state index contributed by atoms with van der Waals surface area (Å²) in [6.07, 6.45) is 11.4. The first kappa shape index (κ1) is 27.6. The standard InChI is InChI=1S/C25H34O3.C8H11N/c1-25-13-12-21-20-11-9-19(28-2)15-17(20)8-10-22(21)24(25)18(16-23(25)27)7-5-3-4-6-14-26;1-9-7-8-5-3-2-4-6-8/h9,11,14-15,18,21-22,24H,3-8,10,12-13,16H2,1-2H3;2-6,9H,7H2,1H3. The second-order valence-corrected chi connectivity index (χ2v) is 11.6. The van der Waals surface area contributed by atoms with E-state index in [4.69, 9.17) is 4.74 Å². The Bertz CT molecular complexity index is 1040. The van der Waals surface area contributed by atoms with E-state index in [-0.39, 0.29) is 5.41 Å². The van der Waals surface area contributed by atoms with Gasteiger partial charge in [0.1, 0.15) is 17.8 Å². The van der Waals surface area contributed by atoms with Crippen LogP contribution < -0.4 is 10.1 Å². The molecule has 0 spiro atoms. The maximum Gasteiger partial charge on any atom is 0.139 e. The van der Waals surface area contributed by atoms with Crippen molar-refractivity contribution >= 4 is 12.1 Å². The molecule has 0 amide bonds. The third kappa shape index (κ3) is 6.17. The van der Waals surface area contributed by atoms with Crippen LogP contribution in [0.3, 0.4) is 0 Å². The Morgan fingerprint density at radius 2 is 1.89 bits per heavy atom. The van der Waals surface area contributed by atoms with Crippen LogP contribution in [0.5, 0.6) is 5.75 Å². The number of hydrogen-bond acceptors (Lipinski definition) is 4. The third-order valence-electron chi connectivity index (χ3n) is 9.40. The molecular weight excluding hydrogens is 458 g/mol. The van der Waals surface area contributed by atoms with Crippen molar-refractivity contribution in [3.05, 3.63) is 65.2 Å². The van der Waals surface area contributed by atoms with E-state index in [0.717, 1.165) is 69.9 Å². The number of ether oxygens (including phenoxy) is 1. The maximum atomic E-state index is 13.0. The van der Waals surface area contributed by atoms with Crippen LogP contribution in [0.1, 0.15) is 87.3 Å². The maximum absolute atomic E-state index is 13.0. The van der Waals surface area contributed by atoms with Crippen LogP contribution in [0.2, 0.25) is 0 Å². The lowest BCUT2D eigenvalue weighted by molar-refractivity contribution is -0.129. The van der Waals surface area contributed by atoms with E-state index in [1.165, 1.54) is 23.1 Å². The van der Waals surface area contributed by atoms with Crippen molar-refractivity contribution in [2.45, 2.75) is 83.6 Å². The molecule has 4 heteroatoms. The number of aryl methyl sites for hydroxylation is 1. The van der Waals surface area contributed by atoms with Crippen LogP contribution in [-0.4, -0.2) is 26.2 Å². The van der Waals surface area contributed by atoms with Gasteiger partial charge in [-0.1, -0.05) is 56.2 Å². The Kier molecular flexibility index (Phi) is 9.59. The molecule has 2 aromatic rings. The predicted octanol–water partition coefficient (Wildman–Crippen LogP) is 6.90. The number of aldehydes is 1. The average molecular weight is 504 g/mol. The molecule has 0 saturated heterocycles. The number of rotatable bonds is 9. The summed E-state index contributed by atoms with van der Waals surface area (Å²) in [7, 11) is 3.69. The van der Waals surface area contributed by atoms with E-state index >= 15 is 0 Å². The Balaban J connectivity index is 0.000000301. The van der Waals surface area contributed by atoms with Crippen LogP contribution in [0.15, 0.2) is 48.5 Å². The van der Waals surface area contributed by atoms with Crippen molar-refractivity contribution in [3.63, 3.8) is 0 Å². The Hall–Kier alpha value is -2.46. The molecule has 0 radical (unpaired) electrons. The number of carbonyl (C=O) groups excluding carboxylic acids is 2. The second kappa shape index (κ2) is 12.9. The van der Waals surface area contributed by atoms with E-state index in [2.05, 4.69) is 42.6 Å². The molecular formula is C33H45NO3. The molecule has 5 rings (SSSR count). The van der Waals surface area contributed by atoms with Crippen molar-refractivity contribution in [1.29, 1.82) is 0 Å². The Morgan fingerprint density at radius 3 is 2.62 bits per heavy atom. The van der Waals surface area contributed by atoms with Gasteiger partial charge in [0.25, 0.3) is 0 Å². The lowest BCUT2D eigenvalue weighted by Gasteiger charge is -2.50. The van der Waals surface area contributed by atoms with Gasteiger partial charge in [0.2, 0.25) is 0 Å². The fraction of sp³-hybridized carbons (Fsp3) is 0.576. The first-order valence-electron chi connectivity index (χ1n) is 14.3. The Morgan fingerprint density at radius 1 is 1.08 bits per heavy atom. The van der Waals surface area contributed by atoms with E-state index in [9.17, 15) is 9.59 Å². The molecule has 5 atom stereocenters. The van der Waals surface area contributed by atoms with Crippen LogP contribution in [0.4, 0.5) is 0 Å². The molecule has 200 valence electrons. The summed E-state index contributed by atoms with van der Waals surface area (Å²) in [5.74, 6) is 3.82. The van der Waals surface area contributed by atoms with Gasteiger partial charge in [0.05, 0.1) is 7.11 Å². The molecule has 1 N–H and O–H groups in total. The molecule has 2 aromatic carbocycles. The third-order valence-corrected chi connectivity index (χ3v) is 9.40. The number of carbonyl (C=O) groups is 2. The Labute approximate surface area is 223 Å². The van der Waals surface area contributed by atoms with Gasteiger partial charge in [-0.2, -0.15) is 0 Å². The first-order chi connectivity index (χ1) is 18.0. The normalized spacial score (nSPS) is 27.8. The monoisotopic (exact) mass is 503 g/mol. The van der Waals surface area contributed by atoms with Crippen molar-refractivity contribution in [3.8, 4) is 5.75 Å². The number of fused-ring (bicyclic) bond motifs is 5. The van der Waals surface area contributed by atoms with Gasteiger partial charge >= 0.3 is 0 Å². The average Bonchev–Trinajstić information content (AvgIpc) is 3.18. The summed E-state index contributed by atoms with van der Waals surface area (Å²) in [5.41, 5.74) is 4.21. The van der Waals surface area contributed by atoms with E-state index in [1.807, 2.05) is 25.2 Å². The molecule has 0 aliphatic heterocycles. The first-order valence-corrected chi connectivity index (χ1v) is 14.3. The summed E-state index contributed by atoms with van der Waals surface area (Å²) in [5, 5.41) is 3.08. The number of ketones is 1. The fourth-order valence-electron chi connectivity index (χ4n) is 7.62. The van der Waals surface area contributed by atoms with Gasteiger partial charge in [-0.3, -0.25) is 4.79 Å². The van der Waals surface area contributed by atoms with Crippen LogP contribution >= 0.6 is 0 Å². The lowest BCUT2D eigenvalue weighted by Crippen LogP contribution is -2.44. The topological polar surface area (TPSA) is 55.4 Å². The lowest BCUT2D eigenvalue weighted by atomic mass is 9.54. The van der Waals surface area contributed by atoms with Crippen LogP contribution in [-0.2, 0) is 22.6 Å². The van der Waals surface area contributed by atoms with Crippen molar-refractivity contribution in [2.75, 3.05) is 14.2 Å². The zero-order valence-corrected chi connectivity index (χ0v) is 23.0. The number of hydrogen-bond donors (Lipinski definition) is 1. The van der Waals surface area contributed by atoms with Crippen LogP contribution in [0.25, 0.3) is 0 Å². The van der Waals surface area contributed by atoms with Gasteiger partial charge in [-0.15, -0.1) is 0 Å². The summed E-state index contributed by atoms with van der Waals surface area (Å²) >= 11 is 0. The minimum Gasteiger partial charge on any atom is -0.497 e. The van der Waals surface area contributed by atoms with Gasteiger partial charge in [0, 0.05) is 24.8 Å². The zero-order valence-electron chi connectivity index (χ0n) is 23.0. The number of benzene rings is 2. The van der Waals surface area contributed by atoms with E-state index < -0.39 is 0 Å². The minimum atomic E-state index is -0.0986. The highest BCUT2D eigenvalue weighted by Gasteiger charge is 2.58. The summed E-state index contributed by atoms with van der Waals surface area (Å²) in [6, 6.07) is 17.0. The molecule has 37 heavy (non-hydrogen) atoms. The number of unbranched alkanes of at least 4 members (excludes halogenated alkanes) is 3. The highest BCUT2D eigenvalue weighted by molar-refractivity contribution is 5.87. The summed E-state index contributed by atoms with van der Waals surface area (Å²) in [6.45, 7) is 3.23. The smallest absolute Gasteiger partial charge is 0.139 e. The zero-order chi connectivity index (χ0) is 26.3. The van der Waals surface area contributed by atoms with Gasteiger partial charge in [0.15, 0.2) is 0 Å². The van der Waals surface area contributed by atoms with Gasteiger partial charge < -0.3 is 14.8 Å². The highest BCUT2D eigenvalue weighted by Crippen LogP contribution is 2.62. The molecule has 2 saturated carbocycles. The summed E-state index contributed by atoms with van der Waals surface area (Å²) < 4.78 is 5.44. The quantitative estimate of drug-likeness (QED) is 0.299. The predicted molar refractivity (Wildman–Crippen MR) is 150 cm³/mol. The van der Waals surface area contributed by atoms with E-state index in [1.54, 1.807) is 7.11 Å². The molecule has 2 fully saturated rings. The van der Waals surface area contributed by atoms with Crippen LogP contribution in [0, 0.1) is 23.2 Å².